The van der Waals surface area contributed by atoms with Gasteiger partial charge in [0.25, 0.3) is 0 Å². The molecule has 0 fully saturated rings. The molecule has 1 aromatic carbocycles. The molecule has 0 spiro atoms. The summed E-state index contributed by atoms with van der Waals surface area (Å²) < 4.78 is 5.07. The van der Waals surface area contributed by atoms with Gasteiger partial charge in [0.2, 0.25) is 0 Å². The van der Waals surface area contributed by atoms with Gasteiger partial charge in [-0.05, 0) is 24.1 Å². The monoisotopic (exact) mass is 207 g/mol. The van der Waals surface area contributed by atoms with Gasteiger partial charge in [-0.25, -0.2) is 0 Å². The Labute approximate surface area is 92.6 Å². The zero-order valence-corrected chi connectivity index (χ0v) is 9.92. The maximum Gasteiger partial charge on any atom is 0.0713 e. The molecule has 0 atom stereocenters. The van der Waals surface area contributed by atoms with E-state index in [2.05, 4.69) is 43.4 Å². The molecule has 84 valence electrons. The summed E-state index contributed by atoms with van der Waals surface area (Å²) in [5.74, 6) is 0. The first-order chi connectivity index (χ1) is 7.22. The fourth-order valence-corrected chi connectivity index (χ4v) is 1.47. The van der Waals surface area contributed by atoms with E-state index in [1.807, 2.05) is 0 Å². The Morgan fingerprint density at radius 2 is 1.73 bits per heavy atom. The molecule has 0 aliphatic heterocycles. The molecule has 0 unspecified atom stereocenters. The van der Waals surface area contributed by atoms with Crippen LogP contribution in [0, 0.1) is 0 Å². The quantitative estimate of drug-likeness (QED) is 0.773. The zero-order valence-electron chi connectivity index (χ0n) is 9.92. The summed E-state index contributed by atoms with van der Waals surface area (Å²) in [4.78, 5) is 0. The maximum absolute atomic E-state index is 5.07. The normalized spacial score (nSPS) is 10.9. The van der Waals surface area contributed by atoms with Crippen LogP contribution in [-0.4, -0.2) is 19.7 Å². The lowest BCUT2D eigenvalue weighted by atomic mass is 10.1. The van der Waals surface area contributed by atoms with Crippen molar-refractivity contribution in [3.05, 3.63) is 35.4 Å². The van der Waals surface area contributed by atoms with Crippen LogP contribution in [0.2, 0.25) is 0 Å². The van der Waals surface area contributed by atoms with Gasteiger partial charge < -0.3 is 10.1 Å². The van der Waals surface area contributed by atoms with E-state index in [0.29, 0.717) is 12.6 Å². The number of hydrogen-bond donors (Lipinski definition) is 1. The van der Waals surface area contributed by atoms with E-state index < -0.39 is 0 Å². The minimum atomic E-state index is 0.567. The third-order valence-corrected chi connectivity index (χ3v) is 2.30. The van der Waals surface area contributed by atoms with Crippen molar-refractivity contribution in [3.63, 3.8) is 0 Å². The van der Waals surface area contributed by atoms with Crippen molar-refractivity contribution in [1.82, 2.24) is 5.32 Å². The standard InChI is InChI=1S/C13H21NO/c1-11(2)14-9-8-12-4-6-13(7-5-12)10-15-3/h4-7,11,14H,8-10H2,1-3H3. The average molecular weight is 207 g/mol. The van der Waals surface area contributed by atoms with Crippen molar-refractivity contribution in [2.75, 3.05) is 13.7 Å². The first kappa shape index (κ1) is 12.2. The topological polar surface area (TPSA) is 21.3 Å². The van der Waals surface area contributed by atoms with Crippen LogP contribution in [0.3, 0.4) is 0 Å². The van der Waals surface area contributed by atoms with Gasteiger partial charge in [-0.2, -0.15) is 0 Å². The molecular formula is C13H21NO. The third kappa shape index (κ3) is 4.96. The van der Waals surface area contributed by atoms with Gasteiger partial charge in [0.1, 0.15) is 0 Å². The van der Waals surface area contributed by atoms with Crippen LogP contribution in [0.15, 0.2) is 24.3 Å². The van der Waals surface area contributed by atoms with Gasteiger partial charge >= 0.3 is 0 Å². The second kappa shape index (κ2) is 6.59. The van der Waals surface area contributed by atoms with E-state index in [9.17, 15) is 0 Å². The summed E-state index contributed by atoms with van der Waals surface area (Å²) in [5, 5.41) is 3.41. The molecule has 1 N–H and O–H groups in total. The molecule has 2 nitrogen and oxygen atoms in total. The molecule has 0 saturated carbocycles. The largest absolute Gasteiger partial charge is 0.380 e. The van der Waals surface area contributed by atoms with Gasteiger partial charge in [-0.1, -0.05) is 38.1 Å². The van der Waals surface area contributed by atoms with Crippen molar-refractivity contribution in [2.45, 2.75) is 32.9 Å². The number of nitrogens with one attached hydrogen (secondary N) is 1. The molecule has 0 heterocycles. The van der Waals surface area contributed by atoms with Crippen molar-refractivity contribution >= 4 is 0 Å². The van der Waals surface area contributed by atoms with E-state index in [1.54, 1.807) is 7.11 Å². The Morgan fingerprint density at radius 3 is 2.27 bits per heavy atom. The smallest absolute Gasteiger partial charge is 0.0713 e. The average Bonchev–Trinajstić information content (AvgIpc) is 2.20. The summed E-state index contributed by atoms with van der Waals surface area (Å²) >= 11 is 0. The van der Waals surface area contributed by atoms with Gasteiger partial charge in [0, 0.05) is 13.2 Å². The van der Waals surface area contributed by atoms with Crippen LogP contribution in [0.25, 0.3) is 0 Å². The molecule has 0 radical (unpaired) electrons. The zero-order chi connectivity index (χ0) is 11.1. The summed E-state index contributed by atoms with van der Waals surface area (Å²) in [5.41, 5.74) is 2.61. The molecule has 0 aliphatic rings. The lowest BCUT2D eigenvalue weighted by molar-refractivity contribution is 0.185. The lowest BCUT2D eigenvalue weighted by Crippen LogP contribution is -2.24. The minimum absolute atomic E-state index is 0.567. The molecular weight excluding hydrogens is 186 g/mol. The second-order valence-electron chi connectivity index (χ2n) is 4.11. The Bertz CT molecular complexity index is 266. The number of ether oxygens (including phenoxy) is 1. The fraction of sp³-hybridized carbons (Fsp3) is 0.538. The van der Waals surface area contributed by atoms with Crippen LogP contribution < -0.4 is 5.32 Å². The van der Waals surface area contributed by atoms with Gasteiger partial charge in [0.15, 0.2) is 0 Å². The summed E-state index contributed by atoms with van der Waals surface area (Å²) in [6.45, 7) is 6.08. The number of methoxy groups -OCH3 is 1. The Morgan fingerprint density at radius 1 is 1.13 bits per heavy atom. The summed E-state index contributed by atoms with van der Waals surface area (Å²) in [7, 11) is 1.72. The lowest BCUT2D eigenvalue weighted by Gasteiger charge is -2.08. The van der Waals surface area contributed by atoms with Crippen molar-refractivity contribution in [2.24, 2.45) is 0 Å². The fourth-order valence-electron chi connectivity index (χ4n) is 1.47. The molecule has 0 bridgehead atoms. The van der Waals surface area contributed by atoms with Crippen molar-refractivity contribution < 1.29 is 4.74 Å². The first-order valence-corrected chi connectivity index (χ1v) is 5.52. The van der Waals surface area contributed by atoms with E-state index in [-0.39, 0.29) is 0 Å². The van der Waals surface area contributed by atoms with Gasteiger partial charge in [-0.3, -0.25) is 0 Å². The van der Waals surface area contributed by atoms with Crippen LogP contribution in [0.4, 0.5) is 0 Å². The molecule has 0 aromatic heterocycles. The predicted molar refractivity (Wildman–Crippen MR) is 64.0 cm³/mol. The van der Waals surface area contributed by atoms with E-state index in [0.717, 1.165) is 13.0 Å². The third-order valence-electron chi connectivity index (χ3n) is 2.30. The molecule has 0 aliphatic carbocycles. The van der Waals surface area contributed by atoms with Crippen LogP contribution >= 0.6 is 0 Å². The maximum atomic E-state index is 5.07. The van der Waals surface area contributed by atoms with Crippen molar-refractivity contribution in [3.8, 4) is 0 Å². The molecule has 15 heavy (non-hydrogen) atoms. The van der Waals surface area contributed by atoms with Gasteiger partial charge in [-0.15, -0.1) is 0 Å². The Hall–Kier alpha value is -0.860. The molecule has 0 amide bonds. The Balaban J connectivity index is 2.36. The van der Waals surface area contributed by atoms with E-state index >= 15 is 0 Å². The van der Waals surface area contributed by atoms with Gasteiger partial charge in [0.05, 0.1) is 6.61 Å². The molecule has 1 aromatic rings. The molecule has 2 heteroatoms. The SMILES string of the molecule is COCc1ccc(CCNC(C)C)cc1. The first-order valence-electron chi connectivity index (χ1n) is 5.52. The number of benzene rings is 1. The highest BCUT2D eigenvalue weighted by molar-refractivity contribution is 5.22. The highest BCUT2D eigenvalue weighted by atomic mass is 16.5. The Kier molecular flexibility index (Phi) is 5.37. The van der Waals surface area contributed by atoms with E-state index in [4.69, 9.17) is 4.74 Å². The van der Waals surface area contributed by atoms with Crippen LogP contribution in [0.5, 0.6) is 0 Å². The molecule has 0 saturated heterocycles. The van der Waals surface area contributed by atoms with Crippen LogP contribution in [0.1, 0.15) is 25.0 Å². The number of rotatable bonds is 6. The highest BCUT2D eigenvalue weighted by Crippen LogP contribution is 2.05. The van der Waals surface area contributed by atoms with E-state index in [1.165, 1.54) is 11.1 Å². The second-order valence-corrected chi connectivity index (χ2v) is 4.11. The minimum Gasteiger partial charge on any atom is -0.380 e. The van der Waals surface area contributed by atoms with Crippen molar-refractivity contribution in [1.29, 1.82) is 0 Å². The molecule has 1 rings (SSSR count). The summed E-state index contributed by atoms with van der Waals surface area (Å²) in [6, 6.07) is 9.19. The number of hydrogen-bond acceptors (Lipinski definition) is 2. The van der Waals surface area contributed by atoms with Crippen LogP contribution in [-0.2, 0) is 17.8 Å². The highest BCUT2D eigenvalue weighted by Gasteiger charge is 1.96. The predicted octanol–water partition coefficient (Wildman–Crippen LogP) is 2.37. The summed E-state index contributed by atoms with van der Waals surface area (Å²) in [6.07, 6.45) is 1.09.